The third-order valence-corrected chi connectivity index (χ3v) is 17.3. The summed E-state index contributed by atoms with van der Waals surface area (Å²) < 4.78 is 13.7. The third kappa shape index (κ3) is 8.47. The van der Waals surface area contributed by atoms with Gasteiger partial charge in [-0.15, -0.1) is 0 Å². The Hall–Kier alpha value is -1.11. The summed E-state index contributed by atoms with van der Waals surface area (Å²) in [6.07, 6.45) is 9.15. The van der Waals surface area contributed by atoms with E-state index in [1.807, 2.05) is 0 Å². The monoisotopic (exact) mass is 514 g/mol. The molecule has 0 aromatic heterocycles. The molecular weight excluding hydrogens is 461 g/mol. The molecule has 0 amide bonds. The van der Waals surface area contributed by atoms with Gasteiger partial charge in [-0.3, -0.25) is 0 Å². The van der Waals surface area contributed by atoms with Crippen LogP contribution < -0.4 is 4.43 Å². The fourth-order valence-corrected chi connectivity index (χ4v) is 6.23. The molecule has 0 radical (unpaired) electrons. The molecule has 0 saturated carbocycles. The minimum atomic E-state index is -1.88. The number of rotatable bonds is 12. The van der Waals surface area contributed by atoms with Crippen LogP contribution in [0.4, 0.5) is 0 Å². The van der Waals surface area contributed by atoms with Crippen LogP contribution in [0.1, 0.15) is 105 Å². The molecule has 1 unspecified atom stereocenters. The highest BCUT2D eigenvalue weighted by molar-refractivity contribution is 6.75. The molecule has 198 valence electrons. The second-order valence-electron chi connectivity index (χ2n) is 13.6. The number of benzene rings is 2. The predicted molar refractivity (Wildman–Crippen MR) is 161 cm³/mol. The lowest BCUT2D eigenvalue weighted by molar-refractivity contribution is 0.169. The molecule has 0 aliphatic heterocycles. The lowest BCUT2D eigenvalue weighted by Crippen LogP contribution is -2.43. The van der Waals surface area contributed by atoms with Crippen LogP contribution in [-0.4, -0.2) is 16.6 Å². The molecule has 2 aromatic rings. The van der Waals surface area contributed by atoms with Crippen molar-refractivity contribution in [1.82, 2.24) is 0 Å². The number of hydrogen-bond donors (Lipinski definition) is 0. The summed E-state index contributed by atoms with van der Waals surface area (Å²) in [5, 5.41) is 2.91. The average molecular weight is 515 g/mol. The van der Waals surface area contributed by atoms with Crippen LogP contribution in [0, 0.1) is 0 Å². The fraction of sp³-hybridized carbons (Fsp3) is 0.677. The zero-order valence-corrected chi connectivity index (χ0v) is 26.8. The van der Waals surface area contributed by atoms with Gasteiger partial charge >= 0.3 is 0 Å². The van der Waals surface area contributed by atoms with Crippen molar-refractivity contribution in [3.63, 3.8) is 0 Å². The minimum absolute atomic E-state index is 0.163. The standard InChI is InChI=1S/C31H54O2Si2/c1-12-13-14-15-16-17-18-29(33-35(10,11)31(5,6)7)26-20-19-25-21-22-28(24-27(25)23-26)32-34(8,9)30(2,3)4/h19-24,29H,12-18H2,1-11H3. The van der Waals surface area contributed by atoms with Crippen molar-refractivity contribution >= 4 is 27.4 Å². The highest BCUT2D eigenvalue weighted by Gasteiger charge is 2.40. The maximum Gasteiger partial charge on any atom is 0.250 e. The van der Waals surface area contributed by atoms with Gasteiger partial charge in [-0.05, 0) is 77.2 Å². The molecule has 2 rings (SSSR count). The second kappa shape index (κ2) is 12.0. The van der Waals surface area contributed by atoms with Crippen molar-refractivity contribution in [2.75, 3.05) is 0 Å². The van der Waals surface area contributed by atoms with Crippen LogP contribution in [0.15, 0.2) is 36.4 Å². The van der Waals surface area contributed by atoms with Gasteiger partial charge in [0.1, 0.15) is 5.75 Å². The summed E-state index contributed by atoms with van der Waals surface area (Å²) >= 11 is 0. The Morgan fingerprint density at radius 1 is 0.686 bits per heavy atom. The van der Waals surface area contributed by atoms with Crippen molar-refractivity contribution in [2.24, 2.45) is 0 Å². The Morgan fingerprint density at radius 3 is 1.86 bits per heavy atom. The second-order valence-corrected chi connectivity index (χ2v) is 23.0. The van der Waals surface area contributed by atoms with Crippen LogP contribution in [0.5, 0.6) is 5.75 Å². The van der Waals surface area contributed by atoms with E-state index in [2.05, 4.69) is 111 Å². The average Bonchev–Trinajstić information content (AvgIpc) is 2.73. The van der Waals surface area contributed by atoms with E-state index in [1.54, 1.807) is 0 Å². The van der Waals surface area contributed by atoms with Crippen molar-refractivity contribution < 1.29 is 8.85 Å². The van der Waals surface area contributed by atoms with E-state index in [0.29, 0.717) is 0 Å². The summed E-state index contributed by atoms with van der Waals surface area (Å²) in [5.74, 6) is 0.999. The highest BCUT2D eigenvalue weighted by atomic mass is 28.4. The quantitative estimate of drug-likeness (QED) is 0.207. The smallest absolute Gasteiger partial charge is 0.250 e. The Labute approximate surface area is 219 Å². The molecule has 2 nitrogen and oxygen atoms in total. The molecule has 0 bridgehead atoms. The summed E-state index contributed by atoms with van der Waals surface area (Å²) in [5.41, 5.74) is 1.32. The number of fused-ring (bicyclic) bond motifs is 1. The van der Waals surface area contributed by atoms with Gasteiger partial charge in [0.2, 0.25) is 8.32 Å². The first-order valence-electron chi connectivity index (χ1n) is 14.0. The summed E-state index contributed by atoms with van der Waals surface area (Å²) in [6.45, 7) is 25.6. The zero-order valence-electron chi connectivity index (χ0n) is 24.8. The van der Waals surface area contributed by atoms with Crippen LogP contribution in [0.2, 0.25) is 36.3 Å². The Kier molecular flexibility index (Phi) is 10.3. The third-order valence-electron chi connectivity index (χ3n) is 8.45. The molecular formula is C31H54O2Si2. The van der Waals surface area contributed by atoms with Gasteiger partial charge in [-0.25, -0.2) is 0 Å². The molecule has 0 spiro atoms. The van der Waals surface area contributed by atoms with E-state index in [0.717, 1.165) is 12.2 Å². The van der Waals surface area contributed by atoms with Crippen molar-refractivity contribution in [2.45, 2.75) is 136 Å². The van der Waals surface area contributed by atoms with Crippen molar-refractivity contribution in [3.05, 3.63) is 42.0 Å². The van der Waals surface area contributed by atoms with Gasteiger partial charge in [-0.2, -0.15) is 0 Å². The molecule has 0 aliphatic carbocycles. The normalized spacial score (nSPS) is 14.4. The molecule has 1 atom stereocenters. The fourth-order valence-electron chi connectivity index (χ4n) is 3.89. The van der Waals surface area contributed by atoms with Gasteiger partial charge in [0.05, 0.1) is 6.10 Å². The van der Waals surface area contributed by atoms with E-state index in [9.17, 15) is 0 Å². The van der Waals surface area contributed by atoms with Crippen LogP contribution in [0.3, 0.4) is 0 Å². The van der Waals surface area contributed by atoms with Gasteiger partial charge in [-0.1, -0.05) is 105 Å². The lowest BCUT2D eigenvalue weighted by atomic mass is 9.99. The summed E-state index contributed by atoms with van der Waals surface area (Å²) in [7, 11) is -3.75. The lowest BCUT2D eigenvalue weighted by Gasteiger charge is -2.39. The first-order chi connectivity index (χ1) is 16.1. The zero-order chi connectivity index (χ0) is 26.5. The van der Waals surface area contributed by atoms with Gasteiger partial charge in [0, 0.05) is 0 Å². The Bertz CT molecular complexity index is 935. The van der Waals surface area contributed by atoms with Crippen LogP contribution in [-0.2, 0) is 4.43 Å². The highest BCUT2D eigenvalue weighted by Crippen LogP contribution is 2.42. The number of unbranched alkanes of at least 4 members (excludes halogenated alkanes) is 5. The van der Waals surface area contributed by atoms with Gasteiger partial charge in [0.25, 0.3) is 0 Å². The molecule has 0 N–H and O–H groups in total. The summed E-state index contributed by atoms with van der Waals surface area (Å²) in [6, 6.07) is 13.5. The van der Waals surface area contributed by atoms with E-state index < -0.39 is 16.6 Å². The van der Waals surface area contributed by atoms with Gasteiger partial charge < -0.3 is 8.85 Å². The maximum absolute atomic E-state index is 7.04. The van der Waals surface area contributed by atoms with E-state index in [4.69, 9.17) is 8.85 Å². The molecule has 0 saturated heterocycles. The summed E-state index contributed by atoms with van der Waals surface area (Å²) in [4.78, 5) is 0. The first kappa shape index (κ1) is 30.1. The van der Waals surface area contributed by atoms with E-state index in [-0.39, 0.29) is 16.2 Å². The van der Waals surface area contributed by atoms with E-state index in [1.165, 1.54) is 54.9 Å². The minimum Gasteiger partial charge on any atom is -0.543 e. The molecule has 0 aliphatic rings. The number of hydrogen-bond acceptors (Lipinski definition) is 2. The molecule has 4 heteroatoms. The Balaban J connectivity index is 2.31. The first-order valence-corrected chi connectivity index (χ1v) is 19.8. The maximum atomic E-state index is 7.04. The largest absolute Gasteiger partial charge is 0.543 e. The Morgan fingerprint density at radius 2 is 1.26 bits per heavy atom. The van der Waals surface area contributed by atoms with Gasteiger partial charge in [0.15, 0.2) is 8.32 Å². The van der Waals surface area contributed by atoms with Crippen LogP contribution in [0.25, 0.3) is 10.8 Å². The predicted octanol–water partition coefficient (Wildman–Crippen LogP) is 11.0. The van der Waals surface area contributed by atoms with Crippen molar-refractivity contribution in [1.29, 1.82) is 0 Å². The SMILES string of the molecule is CCCCCCCCC(O[Si](C)(C)C(C)(C)C)c1ccc2ccc(O[Si](C)(C)C(C)(C)C)cc2c1. The van der Waals surface area contributed by atoms with Crippen LogP contribution >= 0.6 is 0 Å². The van der Waals surface area contributed by atoms with Crippen molar-refractivity contribution in [3.8, 4) is 5.75 Å². The topological polar surface area (TPSA) is 18.5 Å². The molecule has 35 heavy (non-hydrogen) atoms. The molecule has 2 aromatic carbocycles. The molecule has 0 heterocycles. The van der Waals surface area contributed by atoms with E-state index >= 15 is 0 Å². The molecule has 0 fully saturated rings.